The Morgan fingerprint density at radius 1 is 0.839 bits per heavy atom. The molecule has 3 rings (SSSR count). The largest absolute Gasteiger partial charge is 0.494 e. The summed E-state index contributed by atoms with van der Waals surface area (Å²) >= 11 is 0. The van der Waals surface area contributed by atoms with Crippen LogP contribution in [0.3, 0.4) is 0 Å². The van der Waals surface area contributed by atoms with Crippen molar-refractivity contribution in [2.45, 2.75) is 26.9 Å². The molecule has 3 aromatic rings. The summed E-state index contributed by atoms with van der Waals surface area (Å²) in [4.78, 5) is 12.3. The highest BCUT2D eigenvalue weighted by Crippen LogP contribution is 2.19. The number of rotatable bonds is 11. The minimum atomic E-state index is -0.127. The highest BCUT2D eigenvalue weighted by molar-refractivity contribution is 5.93. The molecule has 0 saturated carbocycles. The molecular formula is C26H30N2O3. The van der Waals surface area contributed by atoms with Gasteiger partial charge in [-0.15, -0.1) is 0 Å². The van der Waals surface area contributed by atoms with Crippen LogP contribution < -0.4 is 20.1 Å². The van der Waals surface area contributed by atoms with Gasteiger partial charge in [-0.2, -0.15) is 0 Å². The predicted molar refractivity (Wildman–Crippen MR) is 126 cm³/mol. The number of hydrogen-bond acceptors (Lipinski definition) is 4. The second kappa shape index (κ2) is 11.6. The summed E-state index contributed by atoms with van der Waals surface area (Å²) in [7, 11) is 0. The van der Waals surface area contributed by atoms with Gasteiger partial charge in [0.1, 0.15) is 18.1 Å². The van der Waals surface area contributed by atoms with Crippen molar-refractivity contribution < 1.29 is 14.3 Å². The fourth-order valence-electron chi connectivity index (χ4n) is 2.87. The summed E-state index contributed by atoms with van der Waals surface area (Å²) in [5, 5.41) is 6.02. The van der Waals surface area contributed by atoms with Gasteiger partial charge < -0.3 is 20.1 Å². The monoisotopic (exact) mass is 418 g/mol. The smallest absolute Gasteiger partial charge is 0.243 e. The number of amides is 1. The van der Waals surface area contributed by atoms with Gasteiger partial charge in [0.2, 0.25) is 5.91 Å². The molecule has 1 amide bonds. The molecule has 5 nitrogen and oxygen atoms in total. The molecule has 5 heteroatoms. The predicted octanol–water partition coefficient (Wildman–Crippen LogP) is 5.74. The molecule has 0 spiro atoms. The van der Waals surface area contributed by atoms with E-state index in [4.69, 9.17) is 9.47 Å². The summed E-state index contributed by atoms with van der Waals surface area (Å²) in [6.45, 7) is 5.71. The van der Waals surface area contributed by atoms with E-state index in [2.05, 4.69) is 24.5 Å². The maximum atomic E-state index is 12.3. The molecule has 0 heterocycles. The molecule has 0 bridgehead atoms. The van der Waals surface area contributed by atoms with Crippen LogP contribution in [0.25, 0.3) is 0 Å². The summed E-state index contributed by atoms with van der Waals surface area (Å²) in [6.07, 6.45) is 1.03. The average Bonchev–Trinajstić information content (AvgIpc) is 2.78. The van der Waals surface area contributed by atoms with E-state index in [-0.39, 0.29) is 12.5 Å². The lowest BCUT2D eigenvalue weighted by molar-refractivity contribution is -0.114. The maximum absolute atomic E-state index is 12.3. The number of benzene rings is 3. The Morgan fingerprint density at radius 2 is 1.61 bits per heavy atom. The van der Waals surface area contributed by atoms with E-state index < -0.39 is 0 Å². The van der Waals surface area contributed by atoms with E-state index in [0.717, 1.165) is 23.4 Å². The van der Waals surface area contributed by atoms with Crippen molar-refractivity contribution in [2.24, 2.45) is 5.92 Å². The van der Waals surface area contributed by atoms with Crippen molar-refractivity contribution >= 4 is 17.3 Å². The second-order valence-corrected chi connectivity index (χ2v) is 7.76. The van der Waals surface area contributed by atoms with Gasteiger partial charge in [-0.05, 0) is 54.3 Å². The Hall–Kier alpha value is -3.47. The average molecular weight is 419 g/mol. The molecule has 0 atom stereocenters. The minimum Gasteiger partial charge on any atom is -0.494 e. The molecule has 0 aliphatic heterocycles. The summed E-state index contributed by atoms with van der Waals surface area (Å²) < 4.78 is 11.5. The van der Waals surface area contributed by atoms with Crippen LogP contribution in [0.2, 0.25) is 0 Å². The first-order valence-electron chi connectivity index (χ1n) is 10.6. The summed E-state index contributed by atoms with van der Waals surface area (Å²) in [5.41, 5.74) is 2.66. The summed E-state index contributed by atoms with van der Waals surface area (Å²) in [5.74, 6) is 2.04. The fourth-order valence-corrected chi connectivity index (χ4v) is 2.87. The van der Waals surface area contributed by atoms with Gasteiger partial charge in [-0.1, -0.05) is 50.2 Å². The van der Waals surface area contributed by atoms with Crippen LogP contribution in [0.5, 0.6) is 11.5 Å². The Kier molecular flexibility index (Phi) is 8.35. The third-order valence-corrected chi connectivity index (χ3v) is 4.64. The normalized spacial score (nSPS) is 10.5. The fraction of sp³-hybridized carbons (Fsp3) is 0.269. The standard InChI is InChI=1S/C26H30N2O3/c1-20(2)15-16-30-24-13-11-22(12-14-24)27-18-26(29)28-23-9-6-10-25(17-23)31-19-21-7-4-3-5-8-21/h3-14,17,20,27H,15-16,18-19H2,1-2H3,(H,28,29). The second-order valence-electron chi connectivity index (χ2n) is 7.76. The van der Waals surface area contributed by atoms with Crippen molar-refractivity contribution in [3.63, 3.8) is 0 Å². The van der Waals surface area contributed by atoms with Crippen LogP contribution in [0.1, 0.15) is 25.8 Å². The van der Waals surface area contributed by atoms with E-state index >= 15 is 0 Å². The first-order chi connectivity index (χ1) is 15.1. The molecule has 0 saturated heterocycles. The molecule has 3 aromatic carbocycles. The lowest BCUT2D eigenvalue weighted by atomic mass is 10.1. The molecule has 0 fully saturated rings. The zero-order chi connectivity index (χ0) is 21.9. The van der Waals surface area contributed by atoms with E-state index in [1.165, 1.54) is 0 Å². The van der Waals surface area contributed by atoms with E-state index in [0.29, 0.717) is 30.6 Å². The van der Waals surface area contributed by atoms with Crippen LogP contribution in [0.15, 0.2) is 78.9 Å². The molecule has 0 radical (unpaired) electrons. The first-order valence-corrected chi connectivity index (χ1v) is 10.6. The first kappa shape index (κ1) is 22.2. The number of anilines is 2. The Morgan fingerprint density at radius 3 is 2.35 bits per heavy atom. The van der Waals surface area contributed by atoms with Gasteiger partial charge in [0.05, 0.1) is 13.2 Å². The summed E-state index contributed by atoms with van der Waals surface area (Å²) in [6, 6.07) is 25.0. The molecule has 31 heavy (non-hydrogen) atoms. The van der Waals surface area contributed by atoms with Crippen molar-refractivity contribution in [1.29, 1.82) is 0 Å². The van der Waals surface area contributed by atoms with Gasteiger partial charge in [-0.25, -0.2) is 0 Å². The molecule has 2 N–H and O–H groups in total. The highest BCUT2D eigenvalue weighted by atomic mass is 16.5. The van der Waals surface area contributed by atoms with Crippen molar-refractivity contribution in [3.05, 3.63) is 84.4 Å². The number of hydrogen-bond donors (Lipinski definition) is 2. The number of carbonyl (C=O) groups is 1. The third-order valence-electron chi connectivity index (χ3n) is 4.64. The Labute approximate surface area is 184 Å². The van der Waals surface area contributed by atoms with Gasteiger partial charge in [0.25, 0.3) is 0 Å². The molecule has 162 valence electrons. The SMILES string of the molecule is CC(C)CCOc1ccc(NCC(=O)Nc2cccc(OCc3ccccc3)c2)cc1. The number of ether oxygens (including phenoxy) is 2. The minimum absolute atomic E-state index is 0.127. The molecular weight excluding hydrogens is 388 g/mol. The van der Waals surface area contributed by atoms with Crippen LogP contribution in [0, 0.1) is 5.92 Å². The van der Waals surface area contributed by atoms with Crippen molar-refractivity contribution in [2.75, 3.05) is 23.8 Å². The van der Waals surface area contributed by atoms with Gasteiger partial charge >= 0.3 is 0 Å². The molecule has 0 unspecified atom stereocenters. The lowest BCUT2D eigenvalue weighted by Crippen LogP contribution is -2.21. The van der Waals surface area contributed by atoms with E-state index in [1.807, 2.05) is 78.9 Å². The van der Waals surface area contributed by atoms with Crippen molar-refractivity contribution in [3.8, 4) is 11.5 Å². The van der Waals surface area contributed by atoms with E-state index in [1.54, 1.807) is 0 Å². The zero-order valence-corrected chi connectivity index (χ0v) is 18.1. The van der Waals surface area contributed by atoms with Crippen LogP contribution in [-0.4, -0.2) is 19.1 Å². The Balaban J connectivity index is 1.43. The van der Waals surface area contributed by atoms with Gasteiger partial charge in [0.15, 0.2) is 0 Å². The van der Waals surface area contributed by atoms with Gasteiger partial charge in [0, 0.05) is 17.4 Å². The maximum Gasteiger partial charge on any atom is 0.243 e. The molecule has 0 aromatic heterocycles. The van der Waals surface area contributed by atoms with Crippen LogP contribution >= 0.6 is 0 Å². The molecule has 0 aliphatic rings. The molecule has 0 aliphatic carbocycles. The number of nitrogens with one attached hydrogen (secondary N) is 2. The zero-order valence-electron chi connectivity index (χ0n) is 18.1. The number of carbonyl (C=O) groups excluding carboxylic acids is 1. The Bertz CT molecular complexity index is 940. The highest BCUT2D eigenvalue weighted by Gasteiger charge is 2.05. The van der Waals surface area contributed by atoms with Crippen molar-refractivity contribution in [1.82, 2.24) is 0 Å². The van der Waals surface area contributed by atoms with Crippen LogP contribution in [-0.2, 0) is 11.4 Å². The topological polar surface area (TPSA) is 59.6 Å². The van der Waals surface area contributed by atoms with Gasteiger partial charge in [-0.3, -0.25) is 4.79 Å². The lowest BCUT2D eigenvalue weighted by Gasteiger charge is -2.11. The van der Waals surface area contributed by atoms with E-state index in [9.17, 15) is 4.79 Å². The quantitative estimate of drug-likeness (QED) is 0.417. The van der Waals surface area contributed by atoms with Crippen LogP contribution in [0.4, 0.5) is 11.4 Å². The third kappa shape index (κ3) is 8.05.